The molecule has 0 bridgehead atoms. The van der Waals surface area contributed by atoms with Gasteiger partial charge in [0.2, 0.25) is 0 Å². The number of nitrogens with zero attached hydrogens (tertiary/aromatic N) is 1. The monoisotopic (exact) mass is 304 g/mol. The second-order valence-corrected chi connectivity index (χ2v) is 7.57. The lowest BCUT2D eigenvalue weighted by Crippen LogP contribution is -2.61. The van der Waals surface area contributed by atoms with Gasteiger partial charge in [-0.3, -0.25) is 4.90 Å². The molecule has 1 saturated heterocycles. The van der Waals surface area contributed by atoms with Crippen LogP contribution in [0.15, 0.2) is 0 Å². The normalized spacial score (nSPS) is 26.1. The molecule has 2 N–H and O–H groups in total. The number of ether oxygens (including phenoxy) is 2. The van der Waals surface area contributed by atoms with Gasteiger partial charge in [-0.1, -0.05) is 13.8 Å². The zero-order valence-corrected chi connectivity index (χ0v) is 14.4. The number of hydrogen-bond donors (Lipinski definition) is 1. The lowest BCUT2D eigenvalue weighted by atomic mass is 9.78. The minimum atomic E-state index is 0.110. The molecule has 0 aromatic rings. The van der Waals surface area contributed by atoms with Gasteiger partial charge in [0.1, 0.15) is 0 Å². The Balaban J connectivity index is 2.76. The molecule has 5 heteroatoms. The number of hydrogen-bond acceptors (Lipinski definition) is 5. The molecule has 1 heterocycles. The molecule has 120 valence electrons. The van der Waals surface area contributed by atoms with Crippen molar-refractivity contribution >= 4 is 11.8 Å². The first-order valence-electron chi connectivity index (χ1n) is 7.50. The Morgan fingerprint density at radius 1 is 1.10 bits per heavy atom. The lowest BCUT2D eigenvalue weighted by Gasteiger charge is -2.50. The predicted molar refractivity (Wildman–Crippen MR) is 87.5 cm³/mol. The third-order valence-electron chi connectivity index (χ3n) is 4.06. The van der Waals surface area contributed by atoms with Crippen LogP contribution in [0, 0.1) is 5.41 Å². The van der Waals surface area contributed by atoms with Crippen LogP contribution in [0.5, 0.6) is 0 Å². The van der Waals surface area contributed by atoms with Crippen molar-refractivity contribution in [2.24, 2.45) is 11.1 Å². The third-order valence-corrected chi connectivity index (χ3v) is 5.79. The second kappa shape index (κ2) is 8.59. The average Bonchev–Trinajstić information content (AvgIpc) is 2.41. The van der Waals surface area contributed by atoms with Gasteiger partial charge < -0.3 is 15.2 Å². The highest BCUT2D eigenvalue weighted by Crippen LogP contribution is 2.41. The Labute approximate surface area is 128 Å². The largest absolute Gasteiger partial charge is 0.385 e. The molecule has 0 amide bonds. The molecule has 0 aromatic carbocycles. The summed E-state index contributed by atoms with van der Waals surface area (Å²) in [5.74, 6) is 2.36. The summed E-state index contributed by atoms with van der Waals surface area (Å²) in [6.07, 6.45) is 2.22. The van der Waals surface area contributed by atoms with E-state index in [9.17, 15) is 0 Å². The topological polar surface area (TPSA) is 47.7 Å². The van der Waals surface area contributed by atoms with Crippen LogP contribution in [0.25, 0.3) is 0 Å². The summed E-state index contributed by atoms with van der Waals surface area (Å²) in [6, 6.07) is 0. The van der Waals surface area contributed by atoms with Crippen molar-refractivity contribution in [2.45, 2.75) is 32.2 Å². The van der Waals surface area contributed by atoms with E-state index in [0.29, 0.717) is 5.41 Å². The van der Waals surface area contributed by atoms with Crippen molar-refractivity contribution in [1.82, 2.24) is 4.90 Å². The van der Waals surface area contributed by atoms with Gasteiger partial charge in [0.05, 0.1) is 6.61 Å². The highest BCUT2D eigenvalue weighted by atomic mass is 32.2. The van der Waals surface area contributed by atoms with E-state index >= 15 is 0 Å². The van der Waals surface area contributed by atoms with Crippen molar-refractivity contribution in [1.29, 1.82) is 0 Å². The van der Waals surface area contributed by atoms with Gasteiger partial charge in [0.25, 0.3) is 0 Å². The highest BCUT2D eigenvalue weighted by Gasteiger charge is 2.43. The molecule has 0 radical (unpaired) electrons. The summed E-state index contributed by atoms with van der Waals surface area (Å²) < 4.78 is 10.5. The summed E-state index contributed by atoms with van der Waals surface area (Å²) in [6.45, 7) is 8.99. The van der Waals surface area contributed by atoms with Crippen molar-refractivity contribution in [2.75, 3.05) is 58.6 Å². The fraction of sp³-hybridized carbons (Fsp3) is 1.00. The highest BCUT2D eigenvalue weighted by molar-refractivity contribution is 7.99. The van der Waals surface area contributed by atoms with Gasteiger partial charge >= 0.3 is 0 Å². The number of rotatable bonds is 9. The van der Waals surface area contributed by atoms with Crippen LogP contribution in [0.4, 0.5) is 0 Å². The molecule has 0 spiro atoms. The minimum absolute atomic E-state index is 0.110. The van der Waals surface area contributed by atoms with E-state index < -0.39 is 0 Å². The van der Waals surface area contributed by atoms with E-state index in [0.717, 1.165) is 45.0 Å². The van der Waals surface area contributed by atoms with Gasteiger partial charge in [-0.25, -0.2) is 0 Å². The van der Waals surface area contributed by atoms with Gasteiger partial charge in [-0.15, -0.1) is 0 Å². The maximum absolute atomic E-state index is 6.21. The third kappa shape index (κ3) is 5.19. The fourth-order valence-electron chi connectivity index (χ4n) is 3.16. The van der Waals surface area contributed by atoms with E-state index in [1.54, 1.807) is 14.2 Å². The molecule has 0 saturated carbocycles. The predicted octanol–water partition coefficient (Wildman–Crippen LogP) is 1.83. The molecule has 1 fully saturated rings. The first kappa shape index (κ1) is 18.2. The van der Waals surface area contributed by atoms with Crippen LogP contribution in [-0.4, -0.2) is 69.0 Å². The molecular formula is C15H32N2O2S. The molecule has 0 aromatic heterocycles. The summed E-state index contributed by atoms with van der Waals surface area (Å²) in [5.41, 5.74) is 6.67. The zero-order chi connectivity index (χ0) is 15.1. The van der Waals surface area contributed by atoms with Crippen molar-refractivity contribution in [3.8, 4) is 0 Å². The first-order valence-corrected chi connectivity index (χ1v) is 8.66. The minimum Gasteiger partial charge on any atom is -0.385 e. The zero-order valence-electron chi connectivity index (χ0n) is 13.6. The Kier molecular flexibility index (Phi) is 7.83. The molecule has 1 unspecified atom stereocenters. The van der Waals surface area contributed by atoms with Crippen LogP contribution in [0.2, 0.25) is 0 Å². The summed E-state index contributed by atoms with van der Waals surface area (Å²) >= 11 is 2.04. The standard InChI is InChI=1S/C15H32N2O2S/c1-14(2)10-15(11-16,13-20-12-14)17(7-9-19-4)6-5-8-18-3/h5-13,16H2,1-4H3. The van der Waals surface area contributed by atoms with E-state index in [-0.39, 0.29) is 5.54 Å². The number of nitrogens with two attached hydrogens (primary N) is 1. The molecule has 1 aliphatic rings. The molecule has 4 nitrogen and oxygen atoms in total. The van der Waals surface area contributed by atoms with Gasteiger partial charge in [0, 0.05) is 51.8 Å². The molecular weight excluding hydrogens is 272 g/mol. The lowest BCUT2D eigenvalue weighted by molar-refractivity contribution is 0.0366. The maximum Gasteiger partial charge on any atom is 0.0589 e. The van der Waals surface area contributed by atoms with E-state index in [1.165, 1.54) is 12.2 Å². The van der Waals surface area contributed by atoms with Crippen LogP contribution in [-0.2, 0) is 9.47 Å². The Morgan fingerprint density at radius 3 is 2.35 bits per heavy atom. The number of thioether (sulfide) groups is 1. The van der Waals surface area contributed by atoms with Crippen LogP contribution in [0.1, 0.15) is 26.7 Å². The summed E-state index contributed by atoms with van der Waals surface area (Å²) in [4.78, 5) is 2.55. The van der Waals surface area contributed by atoms with Crippen LogP contribution in [0.3, 0.4) is 0 Å². The van der Waals surface area contributed by atoms with E-state index in [2.05, 4.69) is 18.7 Å². The summed E-state index contributed by atoms with van der Waals surface area (Å²) in [5, 5.41) is 0. The molecule has 20 heavy (non-hydrogen) atoms. The summed E-state index contributed by atoms with van der Waals surface area (Å²) in [7, 11) is 3.53. The van der Waals surface area contributed by atoms with Crippen molar-refractivity contribution < 1.29 is 9.47 Å². The quantitative estimate of drug-likeness (QED) is 0.659. The van der Waals surface area contributed by atoms with Crippen molar-refractivity contribution in [3.05, 3.63) is 0 Å². The molecule has 1 atom stereocenters. The van der Waals surface area contributed by atoms with E-state index in [4.69, 9.17) is 15.2 Å². The van der Waals surface area contributed by atoms with Gasteiger partial charge in [-0.05, 0) is 24.0 Å². The first-order chi connectivity index (χ1) is 9.49. The molecule has 1 aliphatic heterocycles. The molecule has 1 rings (SSSR count). The Bertz CT molecular complexity index is 277. The maximum atomic E-state index is 6.21. The van der Waals surface area contributed by atoms with Crippen LogP contribution >= 0.6 is 11.8 Å². The Hall–Kier alpha value is 0.190. The van der Waals surface area contributed by atoms with Gasteiger partial charge in [0.15, 0.2) is 0 Å². The molecule has 0 aliphatic carbocycles. The number of methoxy groups -OCH3 is 2. The second-order valence-electron chi connectivity index (χ2n) is 6.59. The SMILES string of the molecule is COCCCN(CCOC)C1(CN)CSCC(C)(C)C1. The van der Waals surface area contributed by atoms with E-state index in [1.807, 2.05) is 11.8 Å². The van der Waals surface area contributed by atoms with Gasteiger partial charge in [-0.2, -0.15) is 11.8 Å². The van der Waals surface area contributed by atoms with Crippen LogP contribution < -0.4 is 5.73 Å². The van der Waals surface area contributed by atoms with Crippen molar-refractivity contribution in [3.63, 3.8) is 0 Å². The Morgan fingerprint density at radius 2 is 1.80 bits per heavy atom. The fourth-order valence-corrected chi connectivity index (χ4v) is 4.70. The average molecular weight is 305 g/mol. The smallest absolute Gasteiger partial charge is 0.0589 e.